The number of carbonyl (C=O) groups is 1. The van der Waals surface area contributed by atoms with Crippen LogP contribution in [0, 0.1) is 5.92 Å². The highest BCUT2D eigenvalue weighted by atomic mass is 35.5. The van der Waals surface area contributed by atoms with Crippen molar-refractivity contribution in [1.29, 1.82) is 0 Å². The lowest BCUT2D eigenvalue weighted by Crippen LogP contribution is -2.48. The van der Waals surface area contributed by atoms with Crippen molar-refractivity contribution in [2.45, 2.75) is 0 Å². The highest BCUT2D eigenvalue weighted by Gasteiger charge is 2.25. The molecule has 18 heavy (non-hydrogen) atoms. The number of hydrogen-bond acceptors (Lipinski definition) is 3. The van der Waals surface area contributed by atoms with E-state index in [0.29, 0.717) is 10.5 Å². The molecule has 2 heterocycles. The lowest BCUT2D eigenvalue weighted by molar-refractivity contribution is -0.121. The van der Waals surface area contributed by atoms with Gasteiger partial charge in [-0.25, -0.2) is 0 Å². The molecule has 0 spiro atoms. The SMILES string of the molecule is O=C(Nc1ccc(Cl)c2ncccc12)C1CNC1. The summed E-state index contributed by atoms with van der Waals surface area (Å²) in [7, 11) is 0. The molecule has 1 saturated heterocycles. The summed E-state index contributed by atoms with van der Waals surface area (Å²) in [6.07, 6.45) is 1.69. The summed E-state index contributed by atoms with van der Waals surface area (Å²) in [4.78, 5) is 16.2. The zero-order valence-corrected chi connectivity index (χ0v) is 10.4. The number of carbonyl (C=O) groups excluding carboxylic acids is 1. The smallest absolute Gasteiger partial charge is 0.230 e. The van der Waals surface area contributed by atoms with Crippen LogP contribution in [0.5, 0.6) is 0 Å². The van der Waals surface area contributed by atoms with Gasteiger partial charge in [-0.2, -0.15) is 0 Å². The monoisotopic (exact) mass is 261 g/mol. The Kier molecular flexibility index (Phi) is 2.89. The van der Waals surface area contributed by atoms with E-state index in [-0.39, 0.29) is 11.8 Å². The Hall–Kier alpha value is -1.65. The molecule has 1 aromatic carbocycles. The van der Waals surface area contributed by atoms with Crippen LogP contribution in [0.4, 0.5) is 5.69 Å². The van der Waals surface area contributed by atoms with Gasteiger partial charge < -0.3 is 10.6 Å². The van der Waals surface area contributed by atoms with Crippen LogP contribution in [-0.2, 0) is 4.79 Å². The average molecular weight is 262 g/mol. The second kappa shape index (κ2) is 4.55. The summed E-state index contributed by atoms with van der Waals surface area (Å²) in [5, 5.41) is 7.47. The Morgan fingerprint density at radius 1 is 1.39 bits per heavy atom. The molecule has 2 N–H and O–H groups in total. The van der Waals surface area contributed by atoms with E-state index in [2.05, 4.69) is 15.6 Å². The first-order valence-electron chi connectivity index (χ1n) is 5.80. The van der Waals surface area contributed by atoms with Gasteiger partial charge in [0, 0.05) is 24.7 Å². The first-order valence-corrected chi connectivity index (χ1v) is 6.18. The Morgan fingerprint density at radius 3 is 2.94 bits per heavy atom. The number of hydrogen-bond donors (Lipinski definition) is 2. The predicted molar refractivity (Wildman–Crippen MR) is 71.7 cm³/mol. The quantitative estimate of drug-likeness (QED) is 0.870. The largest absolute Gasteiger partial charge is 0.325 e. The zero-order valence-electron chi connectivity index (χ0n) is 9.61. The fraction of sp³-hybridized carbons (Fsp3) is 0.231. The molecule has 4 nitrogen and oxygen atoms in total. The Bertz CT molecular complexity index is 610. The van der Waals surface area contributed by atoms with E-state index in [4.69, 9.17) is 11.6 Å². The molecular weight excluding hydrogens is 250 g/mol. The number of fused-ring (bicyclic) bond motifs is 1. The maximum absolute atomic E-state index is 11.9. The van der Waals surface area contributed by atoms with Gasteiger partial charge in [0.25, 0.3) is 0 Å². The van der Waals surface area contributed by atoms with E-state index in [1.54, 1.807) is 12.3 Å². The van der Waals surface area contributed by atoms with E-state index in [9.17, 15) is 4.79 Å². The van der Waals surface area contributed by atoms with E-state index in [1.165, 1.54) is 0 Å². The third kappa shape index (κ3) is 1.94. The molecule has 1 amide bonds. The van der Waals surface area contributed by atoms with E-state index < -0.39 is 0 Å². The topological polar surface area (TPSA) is 54.0 Å². The average Bonchev–Trinajstić information content (AvgIpc) is 2.31. The molecule has 0 saturated carbocycles. The van der Waals surface area contributed by atoms with Crippen molar-refractivity contribution < 1.29 is 4.79 Å². The lowest BCUT2D eigenvalue weighted by atomic mass is 10.0. The van der Waals surface area contributed by atoms with Crippen LogP contribution in [0.2, 0.25) is 5.02 Å². The minimum atomic E-state index is 0.0428. The minimum Gasteiger partial charge on any atom is -0.325 e. The number of pyridine rings is 1. The molecule has 1 fully saturated rings. The first kappa shape index (κ1) is 11.4. The summed E-state index contributed by atoms with van der Waals surface area (Å²) < 4.78 is 0. The van der Waals surface area contributed by atoms with Crippen molar-refractivity contribution in [3.05, 3.63) is 35.5 Å². The van der Waals surface area contributed by atoms with Gasteiger partial charge in [-0.15, -0.1) is 0 Å². The van der Waals surface area contributed by atoms with Crippen molar-refractivity contribution in [2.75, 3.05) is 18.4 Å². The number of halogens is 1. The van der Waals surface area contributed by atoms with Crippen molar-refractivity contribution in [3.63, 3.8) is 0 Å². The van der Waals surface area contributed by atoms with Gasteiger partial charge in [0.05, 0.1) is 22.1 Å². The molecule has 1 aromatic heterocycles. The van der Waals surface area contributed by atoms with Crippen LogP contribution in [0.3, 0.4) is 0 Å². The van der Waals surface area contributed by atoms with Gasteiger partial charge >= 0.3 is 0 Å². The second-order valence-corrected chi connectivity index (χ2v) is 4.75. The van der Waals surface area contributed by atoms with Crippen LogP contribution in [0.1, 0.15) is 0 Å². The zero-order chi connectivity index (χ0) is 12.5. The third-order valence-electron chi connectivity index (χ3n) is 3.13. The number of amides is 1. The van der Waals surface area contributed by atoms with Crippen LogP contribution in [0.15, 0.2) is 30.5 Å². The normalized spacial score (nSPS) is 15.4. The van der Waals surface area contributed by atoms with Gasteiger partial charge in [0.15, 0.2) is 0 Å². The lowest BCUT2D eigenvalue weighted by Gasteiger charge is -2.26. The van der Waals surface area contributed by atoms with Crippen molar-refractivity contribution in [1.82, 2.24) is 10.3 Å². The number of benzene rings is 1. The van der Waals surface area contributed by atoms with E-state index in [0.717, 1.165) is 24.2 Å². The maximum Gasteiger partial charge on any atom is 0.230 e. The molecule has 0 unspecified atom stereocenters. The highest BCUT2D eigenvalue weighted by Crippen LogP contribution is 2.28. The van der Waals surface area contributed by atoms with Crippen LogP contribution in [0.25, 0.3) is 10.9 Å². The molecular formula is C13H12ClN3O. The Balaban J connectivity index is 1.96. The van der Waals surface area contributed by atoms with Gasteiger partial charge in [-0.05, 0) is 24.3 Å². The molecule has 0 radical (unpaired) electrons. The Labute approximate surface area is 109 Å². The molecule has 92 valence electrons. The molecule has 1 aliphatic heterocycles. The summed E-state index contributed by atoms with van der Waals surface area (Å²) in [5.74, 6) is 0.105. The molecule has 0 aliphatic carbocycles. The molecule has 3 rings (SSSR count). The predicted octanol–water partition coefficient (Wildman–Crippen LogP) is 2.05. The number of nitrogens with zero attached hydrogens (tertiary/aromatic N) is 1. The first-order chi connectivity index (χ1) is 8.75. The number of aromatic nitrogens is 1. The van der Waals surface area contributed by atoms with E-state index in [1.807, 2.05) is 18.2 Å². The summed E-state index contributed by atoms with van der Waals surface area (Å²) >= 11 is 6.08. The summed E-state index contributed by atoms with van der Waals surface area (Å²) in [6.45, 7) is 1.49. The molecule has 5 heteroatoms. The third-order valence-corrected chi connectivity index (χ3v) is 3.44. The maximum atomic E-state index is 11.9. The fourth-order valence-electron chi connectivity index (χ4n) is 1.96. The number of rotatable bonds is 2. The van der Waals surface area contributed by atoms with Crippen molar-refractivity contribution in [2.24, 2.45) is 5.92 Å². The molecule has 2 aromatic rings. The standard InChI is InChI=1S/C13H12ClN3O/c14-10-3-4-11(9-2-1-5-16-12(9)10)17-13(18)8-6-15-7-8/h1-5,8,15H,6-7H2,(H,17,18). The summed E-state index contributed by atoms with van der Waals surface area (Å²) in [5.41, 5.74) is 1.48. The van der Waals surface area contributed by atoms with Crippen LogP contribution >= 0.6 is 11.6 Å². The minimum absolute atomic E-state index is 0.0428. The van der Waals surface area contributed by atoms with Crippen molar-refractivity contribution in [3.8, 4) is 0 Å². The fourth-order valence-corrected chi connectivity index (χ4v) is 2.17. The number of anilines is 1. The van der Waals surface area contributed by atoms with Gasteiger partial charge in [0.1, 0.15) is 0 Å². The molecule has 0 bridgehead atoms. The van der Waals surface area contributed by atoms with Crippen LogP contribution < -0.4 is 10.6 Å². The van der Waals surface area contributed by atoms with Gasteiger partial charge in [0.2, 0.25) is 5.91 Å². The second-order valence-electron chi connectivity index (χ2n) is 4.34. The van der Waals surface area contributed by atoms with Gasteiger partial charge in [-0.3, -0.25) is 9.78 Å². The van der Waals surface area contributed by atoms with Crippen molar-refractivity contribution >= 4 is 34.1 Å². The molecule has 0 atom stereocenters. The molecule has 1 aliphatic rings. The highest BCUT2D eigenvalue weighted by molar-refractivity contribution is 6.35. The van der Waals surface area contributed by atoms with E-state index >= 15 is 0 Å². The summed E-state index contributed by atoms with van der Waals surface area (Å²) in [6, 6.07) is 7.31. The van der Waals surface area contributed by atoms with Gasteiger partial charge in [-0.1, -0.05) is 11.6 Å². The number of nitrogens with one attached hydrogen (secondary N) is 2. The Morgan fingerprint density at radius 2 is 2.22 bits per heavy atom. The van der Waals surface area contributed by atoms with Crippen LogP contribution in [-0.4, -0.2) is 24.0 Å².